The molecule has 1 aliphatic heterocycles. The summed E-state index contributed by atoms with van der Waals surface area (Å²) in [5, 5.41) is 7.71. The van der Waals surface area contributed by atoms with Crippen molar-refractivity contribution in [1.82, 2.24) is 20.0 Å². The zero-order valence-electron chi connectivity index (χ0n) is 14.5. The SMILES string of the molecule is CNC1CCCN(C(=O)c2cnn(-c3cccc(C)c3)c2C)C1.Cl. The molecule has 3 rings (SSSR count). The largest absolute Gasteiger partial charge is 0.337 e. The minimum absolute atomic E-state index is 0. The number of aryl methyl sites for hydroxylation is 1. The summed E-state index contributed by atoms with van der Waals surface area (Å²) in [5.74, 6) is 0.0846. The highest BCUT2D eigenvalue weighted by Gasteiger charge is 2.26. The standard InChI is InChI=1S/C18H24N4O.ClH/c1-13-6-4-8-16(10-13)22-14(2)17(11-20-22)18(23)21-9-5-7-15(12-21)19-3;/h4,6,8,10-11,15,19H,5,7,9,12H2,1-3H3;1H. The van der Waals surface area contributed by atoms with Crippen molar-refractivity contribution in [2.45, 2.75) is 32.7 Å². The summed E-state index contributed by atoms with van der Waals surface area (Å²) in [6.45, 7) is 5.61. The van der Waals surface area contributed by atoms with Gasteiger partial charge in [-0.1, -0.05) is 12.1 Å². The Labute approximate surface area is 149 Å². The van der Waals surface area contributed by atoms with Gasteiger partial charge < -0.3 is 10.2 Å². The molecule has 0 saturated carbocycles. The molecule has 130 valence electrons. The third-order valence-corrected chi connectivity index (χ3v) is 4.60. The molecule has 1 unspecified atom stereocenters. The van der Waals surface area contributed by atoms with E-state index in [1.807, 2.05) is 35.7 Å². The highest BCUT2D eigenvalue weighted by Crippen LogP contribution is 2.19. The molecule has 2 heterocycles. The fraction of sp³-hybridized carbons (Fsp3) is 0.444. The van der Waals surface area contributed by atoms with Crippen LogP contribution in [-0.4, -0.2) is 46.8 Å². The van der Waals surface area contributed by atoms with Gasteiger partial charge >= 0.3 is 0 Å². The average molecular weight is 349 g/mol. The summed E-state index contributed by atoms with van der Waals surface area (Å²) in [4.78, 5) is 14.8. The van der Waals surface area contributed by atoms with Gasteiger partial charge in [-0.2, -0.15) is 5.10 Å². The summed E-state index contributed by atoms with van der Waals surface area (Å²) in [6.07, 6.45) is 3.87. The van der Waals surface area contributed by atoms with Crippen LogP contribution >= 0.6 is 12.4 Å². The van der Waals surface area contributed by atoms with Crippen molar-refractivity contribution in [1.29, 1.82) is 0 Å². The second-order valence-corrected chi connectivity index (χ2v) is 6.27. The maximum atomic E-state index is 12.8. The maximum Gasteiger partial charge on any atom is 0.257 e. The molecule has 0 bridgehead atoms. The Hall–Kier alpha value is -1.85. The molecular formula is C18H25ClN4O. The molecule has 1 fully saturated rings. The van der Waals surface area contributed by atoms with Crippen molar-refractivity contribution in [2.24, 2.45) is 0 Å². The van der Waals surface area contributed by atoms with E-state index in [1.54, 1.807) is 6.20 Å². The number of hydrogen-bond acceptors (Lipinski definition) is 3. The molecule has 1 atom stereocenters. The van der Waals surface area contributed by atoms with E-state index in [2.05, 4.69) is 29.5 Å². The number of aromatic nitrogens is 2. The Bertz CT molecular complexity index is 713. The van der Waals surface area contributed by atoms with E-state index in [0.717, 1.165) is 37.3 Å². The Morgan fingerprint density at radius 1 is 1.33 bits per heavy atom. The van der Waals surface area contributed by atoms with Crippen molar-refractivity contribution < 1.29 is 4.79 Å². The molecule has 1 aromatic carbocycles. The summed E-state index contributed by atoms with van der Waals surface area (Å²) in [5.41, 5.74) is 3.77. The summed E-state index contributed by atoms with van der Waals surface area (Å²) in [6, 6.07) is 8.54. The monoisotopic (exact) mass is 348 g/mol. The van der Waals surface area contributed by atoms with Gasteiger partial charge in [-0.15, -0.1) is 12.4 Å². The molecular weight excluding hydrogens is 324 g/mol. The van der Waals surface area contributed by atoms with Crippen LogP contribution in [0.4, 0.5) is 0 Å². The Kier molecular flexibility index (Phi) is 6.02. The van der Waals surface area contributed by atoms with E-state index in [4.69, 9.17) is 0 Å². The van der Waals surface area contributed by atoms with E-state index < -0.39 is 0 Å². The molecule has 0 aliphatic carbocycles. The first-order valence-corrected chi connectivity index (χ1v) is 8.18. The predicted molar refractivity (Wildman–Crippen MR) is 98.3 cm³/mol. The number of likely N-dealkylation sites (tertiary alicyclic amines) is 1. The summed E-state index contributed by atoms with van der Waals surface area (Å²) >= 11 is 0. The van der Waals surface area contributed by atoms with Gasteiger partial charge in [-0.25, -0.2) is 4.68 Å². The molecule has 6 heteroatoms. The van der Waals surface area contributed by atoms with E-state index in [-0.39, 0.29) is 18.3 Å². The molecule has 5 nitrogen and oxygen atoms in total. The van der Waals surface area contributed by atoms with Crippen LogP contribution < -0.4 is 5.32 Å². The number of rotatable bonds is 3. The normalized spacial score (nSPS) is 17.5. The number of nitrogens with zero attached hydrogens (tertiary/aromatic N) is 3. The molecule has 0 radical (unpaired) electrons. The molecule has 1 amide bonds. The van der Waals surface area contributed by atoms with E-state index in [9.17, 15) is 4.79 Å². The molecule has 1 saturated heterocycles. The predicted octanol–water partition coefficient (Wildman–Crippen LogP) is 2.73. The van der Waals surface area contributed by atoms with Crippen molar-refractivity contribution in [2.75, 3.05) is 20.1 Å². The number of piperidine rings is 1. The molecule has 1 aromatic heterocycles. The van der Waals surface area contributed by atoms with Crippen LogP contribution in [0.3, 0.4) is 0 Å². The van der Waals surface area contributed by atoms with Gasteiger partial charge in [0.05, 0.1) is 23.1 Å². The first kappa shape index (κ1) is 18.5. The number of nitrogens with one attached hydrogen (secondary N) is 1. The zero-order valence-corrected chi connectivity index (χ0v) is 15.3. The lowest BCUT2D eigenvalue weighted by Crippen LogP contribution is -2.47. The quantitative estimate of drug-likeness (QED) is 0.927. The van der Waals surface area contributed by atoms with Crippen molar-refractivity contribution in [3.63, 3.8) is 0 Å². The van der Waals surface area contributed by atoms with Gasteiger partial charge in [0.2, 0.25) is 0 Å². The van der Waals surface area contributed by atoms with E-state index in [1.165, 1.54) is 5.56 Å². The lowest BCUT2D eigenvalue weighted by atomic mass is 10.0. The van der Waals surface area contributed by atoms with Gasteiger partial charge in [0.15, 0.2) is 0 Å². The van der Waals surface area contributed by atoms with Crippen LogP contribution in [0.25, 0.3) is 5.69 Å². The minimum atomic E-state index is 0. The molecule has 0 spiro atoms. The first-order chi connectivity index (χ1) is 11.1. The van der Waals surface area contributed by atoms with Crippen LogP contribution in [0.1, 0.15) is 34.5 Å². The summed E-state index contributed by atoms with van der Waals surface area (Å²) in [7, 11) is 1.96. The van der Waals surface area contributed by atoms with Gasteiger partial charge in [-0.05, 0) is 51.4 Å². The van der Waals surface area contributed by atoms with Crippen molar-refractivity contribution in [3.05, 3.63) is 47.3 Å². The molecule has 1 N–H and O–H groups in total. The van der Waals surface area contributed by atoms with Crippen molar-refractivity contribution >= 4 is 18.3 Å². The number of likely N-dealkylation sites (N-methyl/N-ethyl adjacent to an activating group) is 1. The first-order valence-electron chi connectivity index (χ1n) is 8.18. The van der Waals surface area contributed by atoms with Crippen molar-refractivity contribution in [3.8, 4) is 5.69 Å². The number of benzene rings is 1. The average Bonchev–Trinajstić information content (AvgIpc) is 2.96. The Morgan fingerprint density at radius 2 is 2.12 bits per heavy atom. The van der Waals surface area contributed by atoms with E-state index in [0.29, 0.717) is 11.6 Å². The summed E-state index contributed by atoms with van der Waals surface area (Å²) < 4.78 is 1.85. The third-order valence-electron chi connectivity index (χ3n) is 4.60. The minimum Gasteiger partial charge on any atom is -0.337 e. The van der Waals surface area contributed by atoms with Crippen LogP contribution in [0, 0.1) is 13.8 Å². The second kappa shape index (κ2) is 7.81. The lowest BCUT2D eigenvalue weighted by molar-refractivity contribution is 0.0697. The van der Waals surface area contributed by atoms with Crippen LogP contribution in [0.15, 0.2) is 30.5 Å². The number of hydrogen-bond donors (Lipinski definition) is 1. The van der Waals surface area contributed by atoms with Gasteiger partial charge in [0.1, 0.15) is 0 Å². The number of halogens is 1. The van der Waals surface area contributed by atoms with Crippen LogP contribution in [-0.2, 0) is 0 Å². The van der Waals surface area contributed by atoms with E-state index >= 15 is 0 Å². The number of carbonyl (C=O) groups excluding carboxylic acids is 1. The highest BCUT2D eigenvalue weighted by atomic mass is 35.5. The zero-order chi connectivity index (χ0) is 16.4. The van der Waals surface area contributed by atoms with Gasteiger partial charge in [0, 0.05) is 19.1 Å². The van der Waals surface area contributed by atoms with Crippen LogP contribution in [0.2, 0.25) is 0 Å². The molecule has 1 aliphatic rings. The maximum absolute atomic E-state index is 12.8. The Balaban J connectivity index is 0.00000208. The second-order valence-electron chi connectivity index (χ2n) is 6.27. The highest BCUT2D eigenvalue weighted by molar-refractivity contribution is 5.95. The van der Waals surface area contributed by atoms with Crippen LogP contribution in [0.5, 0.6) is 0 Å². The van der Waals surface area contributed by atoms with Gasteiger partial charge in [-0.3, -0.25) is 4.79 Å². The number of carbonyl (C=O) groups is 1. The lowest BCUT2D eigenvalue weighted by Gasteiger charge is -2.32. The molecule has 24 heavy (non-hydrogen) atoms. The fourth-order valence-corrected chi connectivity index (χ4v) is 3.21. The van der Waals surface area contributed by atoms with Gasteiger partial charge in [0.25, 0.3) is 5.91 Å². The fourth-order valence-electron chi connectivity index (χ4n) is 3.21. The number of amides is 1. The Morgan fingerprint density at radius 3 is 2.83 bits per heavy atom. The third kappa shape index (κ3) is 3.62. The topological polar surface area (TPSA) is 50.2 Å². The molecule has 2 aromatic rings. The smallest absolute Gasteiger partial charge is 0.257 e.